The Bertz CT molecular complexity index is 3460. The lowest BCUT2D eigenvalue weighted by Crippen LogP contribution is -2.02. The van der Waals surface area contributed by atoms with E-state index < -0.39 is 0 Å². The zero-order chi connectivity index (χ0) is 34.6. The molecule has 0 aliphatic heterocycles. The van der Waals surface area contributed by atoms with Crippen LogP contribution in [-0.4, -0.2) is 14.5 Å². The van der Waals surface area contributed by atoms with Gasteiger partial charge in [-0.3, -0.25) is 4.57 Å². The molecule has 8 aromatic carbocycles. The maximum Gasteiger partial charge on any atom is 0.162 e. The Morgan fingerprint density at radius 2 is 1.02 bits per heavy atom. The van der Waals surface area contributed by atoms with Gasteiger partial charge in [-0.1, -0.05) is 133 Å². The zero-order valence-corrected chi connectivity index (χ0v) is 29.9. The number of para-hydroxylation sites is 1. The second-order valence-electron chi connectivity index (χ2n) is 13.7. The predicted octanol–water partition coefficient (Wildman–Crippen LogP) is 13.9. The van der Waals surface area contributed by atoms with Crippen LogP contribution in [0.15, 0.2) is 164 Å². The Labute approximate surface area is 311 Å². The molecule has 5 heteroatoms. The summed E-state index contributed by atoms with van der Waals surface area (Å²) in [7, 11) is 0. The summed E-state index contributed by atoms with van der Waals surface area (Å²) in [5.41, 5.74) is 6.75. The number of nitrogens with zero attached hydrogens (tertiary/aromatic N) is 3. The minimum Gasteiger partial charge on any atom is -0.292 e. The molecule has 0 aliphatic carbocycles. The number of aromatic nitrogens is 3. The molecule has 0 unspecified atom stereocenters. The summed E-state index contributed by atoms with van der Waals surface area (Å²) in [6, 6.07) is 59.1. The van der Waals surface area contributed by atoms with Crippen LogP contribution in [0.3, 0.4) is 0 Å². The van der Waals surface area contributed by atoms with Crippen molar-refractivity contribution >= 4 is 106 Å². The van der Waals surface area contributed by atoms with Crippen molar-refractivity contribution in [2.24, 2.45) is 0 Å². The molecule has 0 bridgehead atoms. The molecular formula is C48H27N3S2. The van der Waals surface area contributed by atoms with Crippen molar-refractivity contribution in [2.75, 3.05) is 0 Å². The fraction of sp³-hybridized carbons (Fsp3) is 0. The summed E-state index contributed by atoms with van der Waals surface area (Å²) in [6.45, 7) is 0. The maximum absolute atomic E-state index is 5.58. The van der Waals surface area contributed by atoms with Crippen molar-refractivity contribution in [1.82, 2.24) is 14.5 Å². The summed E-state index contributed by atoms with van der Waals surface area (Å²) >= 11 is 3.67. The second kappa shape index (κ2) is 11.1. The molecule has 0 aliphatic rings. The van der Waals surface area contributed by atoms with Crippen molar-refractivity contribution in [1.29, 1.82) is 0 Å². The largest absolute Gasteiger partial charge is 0.292 e. The highest BCUT2D eigenvalue weighted by Crippen LogP contribution is 2.49. The number of benzene rings is 8. The third kappa shape index (κ3) is 4.20. The maximum atomic E-state index is 5.58. The van der Waals surface area contributed by atoms with Crippen molar-refractivity contribution in [3.63, 3.8) is 0 Å². The van der Waals surface area contributed by atoms with Gasteiger partial charge >= 0.3 is 0 Å². The molecule has 12 rings (SSSR count). The third-order valence-corrected chi connectivity index (χ3v) is 13.1. The van der Waals surface area contributed by atoms with Crippen LogP contribution in [0, 0.1) is 0 Å². The lowest BCUT2D eigenvalue weighted by atomic mass is 9.99. The third-order valence-electron chi connectivity index (χ3n) is 10.8. The van der Waals surface area contributed by atoms with Crippen LogP contribution in [-0.2, 0) is 0 Å². The van der Waals surface area contributed by atoms with E-state index in [0.717, 1.165) is 43.7 Å². The van der Waals surface area contributed by atoms with E-state index in [1.807, 2.05) is 11.3 Å². The summed E-state index contributed by atoms with van der Waals surface area (Å²) in [5, 5.41) is 11.2. The molecule has 3 nitrogen and oxygen atoms in total. The molecule has 0 fully saturated rings. The Morgan fingerprint density at radius 3 is 1.83 bits per heavy atom. The van der Waals surface area contributed by atoms with Crippen molar-refractivity contribution in [3.8, 4) is 28.3 Å². The summed E-state index contributed by atoms with van der Waals surface area (Å²) in [6.07, 6.45) is 0. The van der Waals surface area contributed by atoms with E-state index >= 15 is 0 Å². The monoisotopic (exact) mass is 709 g/mol. The molecule has 12 aromatic rings. The first-order valence-electron chi connectivity index (χ1n) is 17.8. The molecule has 0 atom stereocenters. The molecule has 0 saturated heterocycles. The predicted molar refractivity (Wildman–Crippen MR) is 228 cm³/mol. The van der Waals surface area contributed by atoms with Gasteiger partial charge in [0.15, 0.2) is 11.6 Å². The normalized spacial score (nSPS) is 12.2. The van der Waals surface area contributed by atoms with Gasteiger partial charge in [0.05, 0.1) is 21.3 Å². The Kier molecular flexibility index (Phi) is 6.09. The quantitative estimate of drug-likeness (QED) is 0.183. The topological polar surface area (TPSA) is 30.7 Å². The smallest absolute Gasteiger partial charge is 0.162 e. The minimum absolute atomic E-state index is 0.725. The molecule has 0 spiro atoms. The highest BCUT2D eigenvalue weighted by atomic mass is 32.1. The first-order chi connectivity index (χ1) is 26.3. The average Bonchev–Trinajstić information content (AvgIpc) is 3.91. The molecule has 4 heterocycles. The van der Waals surface area contributed by atoms with Gasteiger partial charge < -0.3 is 0 Å². The average molecular weight is 710 g/mol. The Balaban J connectivity index is 1.20. The van der Waals surface area contributed by atoms with Crippen molar-refractivity contribution < 1.29 is 0 Å². The SMILES string of the molecule is c1ccc(-c2ccc3cc(-c4nc(-n5c6ccccc6c6c7sc8ccccc8c7c7ccccc7c65)c5sc6ccccc6c5n4)ccc3c2)cc1. The van der Waals surface area contributed by atoms with E-state index in [0.29, 0.717) is 0 Å². The van der Waals surface area contributed by atoms with Gasteiger partial charge in [-0.25, -0.2) is 9.97 Å². The van der Waals surface area contributed by atoms with E-state index in [1.54, 1.807) is 11.3 Å². The molecule has 246 valence electrons. The molecule has 53 heavy (non-hydrogen) atoms. The lowest BCUT2D eigenvalue weighted by Gasteiger charge is -2.13. The van der Waals surface area contributed by atoms with Gasteiger partial charge in [-0.05, 0) is 57.6 Å². The number of fused-ring (bicyclic) bond motifs is 14. The number of rotatable bonds is 3. The first kappa shape index (κ1) is 29.2. The van der Waals surface area contributed by atoms with Crippen molar-refractivity contribution in [3.05, 3.63) is 164 Å². The molecule has 0 saturated carbocycles. The molecule has 0 radical (unpaired) electrons. The van der Waals surface area contributed by atoms with Gasteiger partial charge in [0.2, 0.25) is 0 Å². The minimum atomic E-state index is 0.725. The zero-order valence-electron chi connectivity index (χ0n) is 28.2. The van der Waals surface area contributed by atoms with Gasteiger partial charge in [0.25, 0.3) is 0 Å². The highest BCUT2D eigenvalue weighted by molar-refractivity contribution is 7.27. The van der Waals surface area contributed by atoms with Crippen LogP contribution in [0.25, 0.3) is 112 Å². The molecule has 0 amide bonds. The van der Waals surface area contributed by atoms with Crippen LogP contribution >= 0.6 is 22.7 Å². The number of thiophene rings is 2. The van der Waals surface area contributed by atoms with Crippen LogP contribution in [0.4, 0.5) is 0 Å². The van der Waals surface area contributed by atoms with Gasteiger partial charge in [-0.2, -0.15) is 0 Å². The Hall–Kier alpha value is -6.40. The van der Waals surface area contributed by atoms with Crippen molar-refractivity contribution in [2.45, 2.75) is 0 Å². The molecular weight excluding hydrogens is 683 g/mol. The summed E-state index contributed by atoms with van der Waals surface area (Å²) in [4.78, 5) is 10.9. The Morgan fingerprint density at radius 1 is 0.415 bits per heavy atom. The lowest BCUT2D eigenvalue weighted by molar-refractivity contribution is 1.08. The van der Waals surface area contributed by atoms with Gasteiger partial charge in [0, 0.05) is 52.0 Å². The molecule has 0 N–H and O–H groups in total. The van der Waals surface area contributed by atoms with Crippen LogP contribution < -0.4 is 0 Å². The van der Waals surface area contributed by atoms with Gasteiger partial charge in [0.1, 0.15) is 0 Å². The van der Waals surface area contributed by atoms with Crippen LogP contribution in [0.2, 0.25) is 0 Å². The number of hydrogen-bond acceptors (Lipinski definition) is 4. The van der Waals surface area contributed by atoms with E-state index in [1.165, 1.54) is 68.4 Å². The van der Waals surface area contributed by atoms with Crippen LogP contribution in [0.1, 0.15) is 0 Å². The second-order valence-corrected chi connectivity index (χ2v) is 15.8. The first-order valence-corrected chi connectivity index (χ1v) is 19.5. The van der Waals surface area contributed by atoms with E-state index in [9.17, 15) is 0 Å². The fourth-order valence-electron chi connectivity index (χ4n) is 8.39. The molecule has 4 aromatic heterocycles. The van der Waals surface area contributed by atoms with E-state index in [4.69, 9.17) is 9.97 Å². The summed E-state index contributed by atoms with van der Waals surface area (Å²) in [5.74, 6) is 1.64. The fourth-order valence-corrected chi connectivity index (χ4v) is 10.8. The highest BCUT2D eigenvalue weighted by Gasteiger charge is 2.25. The van der Waals surface area contributed by atoms with Crippen LogP contribution in [0.5, 0.6) is 0 Å². The van der Waals surface area contributed by atoms with E-state index in [-0.39, 0.29) is 0 Å². The standard InChI is InChI=1S/C48H27N3S2/c1-2-12-28(13-3-1)29-22-23-31-27-32(25-24-30(31)26-29)47-49-43-37-18-8-11-21-40(37)53-46(43)48(50-47)51-38-19-9-6-16-35(38)42-44(51)34-15-5-4-14-33(34)41-36-17-7-10-20-39(36)52-45(41)42/h1-27H. The summed E-state index contributed by atoms with van der Waals surface area (Å²) < 4.78 is 7.36. The van der Waals surface area contributed by atoms with E-state index in [2.05, 4.69) is 168 Å². The number of hydrogen-bond donors (Lipinski definition) is 0. The van der Waals surface area contributed by atoms with Gasteiger partial charge in [-0.15, -0.1) is 22.7 Å².